The molecule has 0 bridgehead atoms. The molecule has 1 fully saturated rings. The van der Waals surface area contributed by atoms with Crippen LogP contribution in [0.4, 0.5) is 4.79 Å². The molecule has 1 atom stereocenters. The van der Waals surface area contributed by atoms with E-state index in [1.54, 1.807) is 6.07 Å². The number of para-hydroxylation sites is 1. The third-order valence-electron chi connectivity index (χ3n) is 4.92. The molecule has 158 valence electrons. The zero-order valence-corrected chi connectivity index (χ0v) is 16.9. The molecular weight excluding hydrogens is 384 g/mol. The lowest BCUT2D eigenvalue weighted by atomic mass is 10.1. The summed E-state index contributed by atoms with van der Waals surface area (Å²) >= 11 is 0. The van der Waals surface area contributed by atoms with E-state index >= 15 is 0 Å². The lowest BCUT2D eigenvalue weighted by molar-refractivity contribution is -0.156. The Bertz CT molecular complexity index is 878. The lowest BCUT2D eigenvalue weighted by Gasteiger charge is -2.16. The van der Waals surface area contributed by atoms with Crippen molar-refractivity contribution in [2.75, 3.05) is 6.61 Å². The van der Waals surface area contributed by atoms with Crippen LogP contribution in [0.5, 0.6) is 5.75 Å². The maximum Gasteiger partial charge on any atom is 0.344 e. The van der Waals surface area contributed by atoms with Crippen LogP contribution in [0.25, 0.3) is 11.1 Å². The molecule has 3 rings (SSSR count). The molecule has 2 aromatic carbocycles. The molecular formula is C23H26N2O5. The second-order valence-corrected chi connectivity index (χ2v) is 7.23. The van der Waals surface area contributed by atoms with Crippen molar-refractivity contribution in [2.24, 2.45) is 0 Å². The molecule has 3 amide bonds. The largest absolute Gasteiger partial charge is 0.481 e. The number of amides is 3. The van der Waals surface area contributed by atoms with Crippen LogP contribution < -0.4 is 15.4 Å². The number of urea groups is 1. The van der Waals surface area contributed by atoms with Crippen LogP contribution in [-0.2, 0) is 14.3 Å². The van der Waals surface area contributed by atoms with Gasteiger partial charge in [-0.2, -0.15) is 0 Å². The molecule has 2 aromatic rings. The maximum atomic E-state index is 12.1. The zero-order valence-electron chi connectivity index (χ0n) is 16.9. The Hall–Kier alpha value is -3.35. The normalized spacial score (nSPS) is 14.6. The van der Waals surface area contributed by atoms with Crippen molar-refractivity contribution in [1.82, 2.24) is 10.6 Å². The van der Waals surface area contributed by atoms with Gasteiger partial charge in [0.1, 0.15) is 5.75 Å². The molecule has 2 N–H and O–H groups in total. The summed E-state index contributed by atoms with van der Waals surface area (Å²) in [5.74, 6) is -0.839. The first-order valence-electron chi connectivity index (χ1n) is 10.1. The third kappa shape index (κ3) is 6.07. The predicted octanol–water partition coefficient (Wildman–Crippen LogP) is 3.43. The minimum atomic E-state index is -1.11. The van der Waals surface area contributed by atoms with E-state index in [1.165, 1.54) is 6.92 Å². The minimum absolute atomic E-state index is 0.0914. The summed E-state index contributed by atoms with van der Waals surface area (Å²) < 4.78 is 10.7. The van der Waals surface area contributed by atoms with Crippen LogP contribution in [0.15, 0.2) is 54.6 Å². The van der Waals surface area contributed by atoms with Gasteiger partial charge in [0.25, 0.3) is 5.91 Å². The molecule has 1 aliphatic rings. The van der Waals surface area contributed by atoms with Crippen LogP contribution in [0, 0.1) is 0 Å². The molecule has 0 heterocycles. The van der Waals surface area contributed by atoms with Crippen LogP contribution >= 0.6 is 0 Å². The number of hydrogen-bond acceptors (Lipinski definition) is 5. The number of hydrogen-bond donors (Lipinski definition) is 2. The first-order chi connectivity index (χ1) is 14.5. The third-order valence-corrected chi connectivity index (χ3v) is 4.92. The van der Waals surface area contributed by atoms with Gasteiger partial charge in [-0.05, 0) is 31.4 Å². The molecule has 0 aromatic heterocycles. The number of benzene rings is 2. The van der Waals surface area contributed by atoms with Gasteiger partial charge in [-0.3, -0.25) is 10.1 Å². The number of ether oxygens (including phenoxy) is 2. The molecule has 7 nitrogen and oxygen atoms in total. The topological polar surface area (TPSA) is 93.7 Å². The number of carbonyl (C=O) groups is 3. The van der Waals surface area contributed by atoms with Crippen LogP contribution in [0.1, 0.15) is 32.6 Å². The minimum Gasteiger partial charge on any atom is -0.481 e. The highest BCUT2D eigenvalue weighted by Gasteiger charge is 2.23. The summed E-state index contributed by atoms with van der Waals surface area (Å²) in [5.41, 5.74) is 1.81. The monoisotopic (exact) mass is 410 g/mol. The van der Waals surface area contributed by atoms with Crippen molar-refractivity contribution in [3.05, 3.63) is 54.6 Å². The number of esters is 1. The molecule has 1 aliphatic carbocycles. The Balaban J connectivity index is 1.47. The van der Waals surface area contributed by atoms with Gasteiger partial charge in [0.05, 0.1) is 0 Å². The van der Waals surface area contributed by atoms with E-state index in [-0.39, 0.29) is 12.6 Å². The van der Waals surface area contributed by atoms with Gasteiger partial charge in [0, 0.05) is 11.6 Å². The van der Waals surface area contributed by atoms with E-state index < -0.39 is 24.0 Å². The first kappa shape index (κ1) is 21.4. The summed E-state index contributed by atoms with van der Waals surface area (Å²) in [7, 11) is 0. The van der Waals surface area contributed by atoms with Crippen molar-refractivity contribution in [2.45, 2.75) is 44.8 Å². The van der Waals surface area contributed by atoms with Gasteiger partial charge in [-0.1, -0.05) is 61.4 Å². The Morgan fingerprint density at radius 1 is 1.00 bits per heavy atom. The van der Waals surface area contributed by atoms with Crippen molar-refractivity contribution in [1.29, 1.82) is 0 Å². The summed E-state index contributed by atoms with van der Waals surface area (Å²) in [6, 6.07) is 16.5. The molecule has 1 saturated carbocycles. The molecule has 0 saturated heterocycles. The van der Waals surface area contributed by atoms with Crippen molar-refractivity contribution < 1.29 is 23.9 Å². The lowest BCUT2D eigenvalue weighted by Crippen LogP contribution is -2.47. The molecule has 0 aliphatic heterocycles. The predicted molar refractivity (Wildman–Crippen MR) is 112 cm³/mol. The van der Waals surface area contributed by atoms with E-state index in [9.17, 15) is 14.4 Å². The van der Waals surface area contributed by atoms with Gasteiger partial charge in [0.15, 0.2) is 12.7 Å². The van der Waals surface area contributed by atoms with Crippen molar-refractivity contribution in [3.8, 4) is 16.9 Å². The van der Waals surface area contributed by atoms with Gasteiger partial charge in [0.2, 0.25) is 0 Å². The van der Waals surface area contributed by atoms with E-state index in [2.05, 4.69) is 10.6 Å². The molecule has 0 spiro atoms. The average molecular weight is 410 g/mol. The van der Waals surface area contributed by atoms with Crippen LogP contribution in [0.3, 0.4) is 0 Å². The van der Waals surface area contributed by atoms with E-state index in [1.807, 2.05) is 48.5 Å². The molecule has 0 radical (unpaired) electrons. The fourth-order valence-corrected chi connectivity index (χ4v) is 3.38. The molecule has 1 unspecified atom stereocenters. The van der Waals surface area contributed by atoms with Crippen LogP contribution in [0.2, 0.25) is 0 Å². The summed E-state index contributed by atoms with van der Waals surface area (Å²) in [6.45, 7) is 1.06. The zero-order chi connectivity index (χ0) is 21.3. The van der Waals surface area contributed by atoms with Gasteiger partial charge < -0.3 is 14.8 Å². The Morgan fingerprint density at radius 3 is 2.40 bits per heavy atom. The average Bonchev–Trinajstić information content (AvgIpc) is 3.26. The Kier molecular flexibility index (Phi) is 7.43. The summed E-state index contributed by atoms with van der Waals surface area (Å²) in [4.78, 5) is 36.1. The maximum absolute atomic E-state index is 12.1. The SMILES string of the molecule is CC(OC(=O)COc1ccccc1-c1ccccc1)C(=O)NC(=O)NC1CCCC1. The standard InChI is InChI=1S/C23H26N2O5/c1-16(22(27)25-23(28)24-18-11-5-6-12-18)30-21(26)15-29-20-14-8-7-13-19(20)17-9-3-2-4-10-17/h2-4,7-10,13-14,16,18H,5-6,11-12,15H2,1H3,(H2,24,25,27,28). The highest BCUT2D eigenvalue weighted by molar-refractivity contribution is 5.97. The van der Waals surface area contributed by atoms with E-state index in [0.717, 1.165) is 36.8 Å². The fraction of sp³-hybridized carbons (Fsp3) is 0.348. The number of rotatable bonds is 7. The van der Waals surface area contributed by atoms with Gasteiger partial charge >= 0.3 is 12.0 Å². The fourth-order valence-electron chi connectivity index (χ4n) is 3.38. The quantitative estimate of drug-likeness (QED) is 0.682. The number of carbonyl (C=O) groups excluding carboxylic acids is 3. The number of nitrogens with one attached hydrogen (secondary N) is 2. The van der Waals surface area contributed by atoms with E-state index in [4.69, 9.17) is 9.47 Å². The molecule has 7 heteroatoms. The highest BCUT2D eigenvalue weighted by Crippen LogP contribution is 2.29. The summed E-state index contributed by atoms with van der Waals surface area (Å²) in [6.07, 6.45) is 2.85. The second kappa shape index (κ2) is 10.4. The van der Waals surface area contributed by atoms with Crippen molar-refractivity contribution in [3.63, 3.8) is 0 Å². The highest BCUT2D eigenvalue weighted by atomic mass is 16.6. The van der Waals surface area contributed by atoms with E-state index in [0.29, 0.717) is 5.75 Å². The van der Waals surface area contributed by atoms with Gasteiger partial charge in [-0.15, -0.1) is 0 Å². The first-order valence-corrected chi connectivity index (χ1v) is 10.1. The molecule has 30 heavy (non-hydrogen) atoms. The van der Waals surface area contributed by atoms with Gasteiger partial charge in [-0.25, -0.2) is 9.59 Å². The Labute approximate surface area is 175 Å². The number of imide groups is 1. The summed E-state index contributed by atoms with van der Waals surface area (Å²) in [5, 5.41) is 4.96. The smallest absolute Gasteiger partial charge is 0.344 e. The van der Waals surface area contributed by atoms with Crippen LogP contribution in [-0.4, -0.2) is 36.7 Å². The second-order valence-electron chi connectivity index (χ2n) is 7.23. The van der Waals surface area contributed by atoms with Crippen molar-refractivity contribution >= 4 is 17.9 Å². The Morgan fingerprint density at radius 2 is 1.67 bits per heavy atom.